The lowest BCUT2D eigenvalue weighted by Gasteiger charge is -2.10. The van der Waals surface area contributed by atoms with Crippen molar-refractivity contribution < 1.29 is 8.42 Å². The highest BCUT2D eigenvalue weighted by molar-refractivity contribution is 7.90. The standard InChI is InChI=1S/C16H14N2O2S/c1-12-9-14-10-13(11-17)7-8-16(14)18(12)21(19,20)15-5-3-2-4-6-15/h2-11,17H,1H3. The van der Waals surface area contributed by atoms with Gasteiger partial charge in [0.25, 0.3) is 10.0 Å². The fourth-order valence-electron chi connectivity index (χ4n) is 2.45. The lowest BCUT2D eigenvalue weighted by molar-refractivity contribution is 0.588. The molecule has 5 heteroatoms. The molecule has 0 saturated heterocycles. The minimum absolute atomic E-state index is 0.265. The number of benzene rings is 2. The van der Waals surface area contributed by atoms with Gasteiger partial charge in [0.05, 0.1) is 10.4 Å². The molecule has 4 nitrogen and oxygen atoms in total. The van der Waals surface area contributed by atoms with E-state index in [0.717, 1.165) is 10.9 Å². The normalized spacial score (nSPS) is 11.7. The quantitative estimate of drug-likeness (QED) is 0.755. The molecule has 1 heterocycles. The first-order chi connectivity index (χ1) is 10.0. The van der Waals surface area contributed by atoms with Gasteiger partial charge in [-0.15, -0.1) is 0 Å². The summed E-state index contributed by atoms with van der Waals surface area (Å²) in [7, 11) is -3.61. The summed E-state index contributed by atoms with van der Waals surface area (Å²) in [6.45, 7) is 1.77. The molecule has 0 aliphatic heterocycles. The van der Waals surface area contributed by atoms with Crippen LogP contribution in [0.1, 0.15) is 11.3 Å². The summed E-state index contributed by atoms with van der Waals surface area (Å²) < 4.78 is 27.0. The van der Waals surface area contributed by atoms with Crippen molar-refractivity contribution in [2.24, 2.45) is 0 Å². The summed E-state index contributed by atoms with van der Waals surface area (Å²) in [5.41, 5.74) is 2.02. The average Bonchev–Trinajstić information content (AvgIpc) is 2.83. The summed E-state index contributed by atoms with van der Waals surface area (Å²) in [5, 5.41) is 8.10. The van der Waals surface area contributed by atoms with Crippen LogP contribution in [-0.4, -0.2) is 18.6 Å². The van der Waals surface area contributed by atoms with Crippen molar-refractivity contribution in [3.05, 3.63) is 65.9 Å². The maximum Gasteiger partial charge on any atom is 0.268 e. The number of nitrogens with zero attached hydrogens (tertiary/aromatic N) is 1. The smallest absolute Gasteiger partial charge is 0.268 e. The first-order valence-corrected chi connectivity index (χ1v) is 7.91. The first-order valence-electron chi connectivity index (χ1n) is 6.47. The van der Waals surface area contributed by atoms with Gasteiger partial charge in [0.2, 0.25) is 0 Å². The van der Waals surface area contributed by atoms with Gasteiger partial charge in [0.1, 0.15) is 0 Å². The Hall–Kier alpha value is -2.40. The second kappa shape index (κ2) is 4.86. The number of rotatable bonds is 3. The summed E-state index contributed by atoms with van der Waals surface area (Å²) in [6.07, 6.45) is 1.25. The van der Waals surface area contributed by atoms with Gasteiger partial charge >= 0.3 is 0 Å². The number of nitrogens with one attached hydrogen (secondary N) is 1. The summed E-state index contributed by atoms with van der Waals surface area (Å²) >= 11 is 0. The van der Waals surface area contributed by atoms with Crippen molar-refractivity contribution in [1.29, 1.82) is 5.41 Å². The Morgan fingerprint density at radius 2 is 1.76 bits per heavy atom. The van der Waals surface area contributed by atoms with Gasteiger partial charge in [-0.1, -0.05) is 24.3 Å². The number of aromatic nitrogens is 1. The predicted molar refractivity (Wildman–Crippen MR) is 83.6 cm³/mol. The third kappa shape index (κ3) is 2.15. The SMILES string of the molecule is Cc1cc2cc(C=N)ccc2n1S(=O)(=O)c1ccccc1. The molecule has 0 bridgehead atoms. The number of hydrogen-bond donors (Lipinski definition) is 1. The van der Waals surface area contributed by atoms with E-state index in [1.165, 1.54) is 10.2 Å². The van der Waals surface area contributed by atoms with E-state index in [4.69, 9.17) is 5.41 Å². The van der Waals surface area contributed by atoms with Crippen LogP contribution in [-0.2, 0) is 10.0 Å². The van der Waals surface area contributed by atoms with Crippen LogP contribution in [0.15, 0.2) is 59.5 Å². The third-order valence-corrected chi connectivity index (χ3v) is 5.24. The van der Waals surface area contributed by atoms with Crippen molar-refractivity contribution in [2.45, 2.75) is 11.8 Å². The van der Waals surface area contributed by atoms with Crippen LogP contribution in [0.3, 0.4) is 0 Å². The predicted octanol–water partition coefficient (Wildman–Crippen LogP) is 3.18. The molecule has 1 N–H and O–H groups in total. The Bertz CT molecular complexity index is 926. The molecular weight excluding hydrogens is 284 g/mol. The molecule has 0 fully saturated rings. The Morgan fingerprint density at radius 3 is 2.43 bits per heavy atom. The van der Waals surface area contributed by atoms with E-state index < -0.39 is 10.0 Å². The Labute approximate surface area is 123 Å². The topological polar surface area (TPSA) is 62.9 Å². The largest absolute Gasteiger partial charge is 0.308 e. The van der Waals surface area contributed by atoms with Crippen molar-refractivity contribution in [2.75, 3.05) is 0 Å². The zero-order valence-electron chi connectivity index (χ0n) is 11.4. The van der Waals surface area contributed by atoms with E-state index in [0.29, 0.717) is 11.2 Å². The molecule has 0 spiro atoms. The lowest BCUT2D eigenvalue weighted by Crippen LogP contribution is -2.14. The summed E-state index contributed by atoms with van der Waals surface area (Å²) in [4.78, 5) is 0.265. The molecule has 106 valence electrons. The van der Waals surface area contributed by atoms with Crippen LogP contribution < -0.4 is 0 Å². The highest BCUT2D eigenvalue weighted by atomic mass is 32.2. The van der Waals surface area contributed by atoms with Crippen LogP contribution in [0, 0.1) is 12.3 Å². The van der Waals surface area contributed by atoms with Crippen LogP contribution in [0.4, 0.5) is 0 Å². The van der Waals surface area contributed by atoms with Crippen molar-refractivity contribution >= 4 is 27.1 Å². The number of hydrogen-bond acceptors (Lipinski definition) is 3. The Morgan fingerprint density at radius 1 is 1.05 bits per heavy atom. The average molecular weight is 298 g/mol. The van der Waals surface area contributed by atoms with Crippen LogP contribution >= 0.6 is 0 Å². The maximum atomic E-state index is 12.8. The zero-order valence-corrected chi connectivity index (χ0v) is 12.3. The molecule has 0 aliphatic carbocycles. The maximum absolute atomic E-state index is 12.8. The Balaban J connectivity index is 2.30. The minimum atomic E-state index is -3.61. The molecule has 2 aromatic carbocycles. The van der Waals surface area contributed by atoms with E-state index >= 15 is 0 Å². The zero-order chi connectivity index (χ0) is 15.0. The molecule has 3 aromatic rings. The van der Waals surface area contributed by atoms with E-state index in [-0.39, 0.29) is 4.90 Å². The molecule has 0 atom stereocenters. The van der Waals surface area contributed by atoms with Gasteiger partial charge < -0.3 is 5.41 Å². The molecule has 0 unspecified atom stereocenters. The van der Waals surface area contributed by atoms with Crippen molar-refractivity contribution in [1.82, 2.24) is 3.97 Å². The van der Waals surface area contributed by atoms with E-state index in [1.54, 1.807) is 49.4 Å². The fourth-order valence-corrected chi connectivity index (χ4v) is 4.02. The van der Waals surface area contributed by atoms with E-state index in [2.05, 4.69) is 0 Å². The van der Waals surface area contributed by atoms with Gasteiger partial charge in [-0.05, 0) is 42.8 Å². The van der Waals surface area contributed by atoms with Gasteiger partial charge in [-0.25, -0.2) is 12.4 Å². The summed E-state index contributed by atoms with van der Waals surface area (Å²) in [6, 6.07) is 15.5. The van der Waals surface area contributed by atoms with Gasteiger partial charge in [0, 0.05) is 17.3 Å². The highest BCUT2D eigenvalue weighted by Gasteiger charge is 2.21. The van der Waals surface area contributed by atoms with Gasteiger partial charge in [-0.2, -0.15) is 0 Å². The lowest BCUT2D eigenvalue weighted by atomic mass is 10.2. The molecule has 0 aliphatic rings. The van der Waals surface area contributed by atoms with Crippen LogP contribution in [0.5, 0.6) is 0 Å². The van der Waals surface area contributed by atoms with Crippen molar-refractivity contribution in [3.63, 3.8) is 0 Å². The van der Waals surface area contributed by atoms with Crippen LogP contribution in [0.25, 0.3) is 10.9 Å². The summed E-state index contributed by atoms with van der Waals surface area (Å²) in [5.74, 6) is 0. The number of fused-ring (bicyclic) bond motifs is 1. The first kappa shape index (κ1) is 13.6. The van der Waals surface area contributed by atoms with Crippen molar-refractivity contribution in [3.8, 4) is 0 Å². The number of aryl methyl sites for hydroxylation is 1. The molecule has 0 saturated carbocycles. The van der Waals surface area contributed by atoms with Gasteiger partial charge in [0.15, 0.2) is 0 Å². The minimum Gasteiger partial charge on any atom is -0.308 e. The Kier molecular flexibility index (Phi) is 3.14. The molecule has 3 rings (SSSR count). The monoisotopic (exact) mass is 298 g/mol. The van der Waals surface area contributed by atoms with Crippen LogP contribution in [0.2, 0.25) is 0 Å². The molecule has 0 amide bonds. The third-order valence-electron chi connectivity index (χ3n) is 3.40. The van der Waals surface area contributed by atoms with E-state index in [9.17, 15) is 8.42 Å². The second-order valence-corrected chi connectivity index (χ2v) is 6.62. The molecular formula is C16H14N2O2S. The molecule has 1 aromatic heterocycles. The fraction of sp³-hybridized carbons (Fsp3) is 0.0625. The van der Waals surface area contributed by atoms with Gasteiger partial charge in [-0.3, -0.25) is 0 Å². The highest BCUT2D eigenvalue weighted by Crippen LogP contribution is 2.25. The second-order valence-electron chi connectivity index (χ2n) is 4.83. The molecule has 0 radical (unpaired) electrons. The van der Waals surface area contributed by atoms with E-state index in [1.807, 2.05) is 12.1 Å². The molecule has 21 heavy (non-hydrogen) atoms.